The Morgan fingerprint density at radius 2 is 1.21 bits per heavy atom. The van der Waals surface area contributed by atoms with Gasteiger partial charge < -0.3 is 4.74 Å². The fraction of sp³-hybridized carbons (Fsp3) is 1.00. The van der Waals surface area contributed by atoms with Crippen molar-refractivity contribution in [2.75, 3.05) is 13.2 Å². The summed E-state index contributed by atoms with van der Waals surface area (Å²) in [5.41, 5.74) is 0. The molecule has 0 aliphatic carbocycles. The minimum atomic E-state index is 0.427. The zero-order valence-corrected chi connectivity index (χ0v) is 15.8. The molecule has 116 valence electrons. The summed E-state index contributed by atoms with van der Waals surface area (Å²) in [7, 11) is 0. The minimum absolute atomic E-state index is 0.427. The van der Waals surface area contributed by atoms with Gasteiger partial charge in [-0.05, 0) is 19.3 Å². The van der Waals surface area contributed by atoms with Gasteiger partial charge in [0.15, 0.2) is 0 Å². The van der Waals surface area contributed by atoms with Gasteiger partial charge in [0.2, 0.25) is 0 Å². The van der Waals surface area contributed by atoms with E-state index < -0.39 is 0 Å². The van der Waals surface area contributed by atoms with Gasteiger partial charge in [-0.25, -0.2) is 0 Å². The average Bonchev–Trinajstić information content (AvgIpc) is 2.48. The maximum atomic E-state index is 5.07. The van der Waals surface area contributed by atoms with Crippen molar-refractivity contribution >= 4 is 20.9 Å². The third-order valence-corrected chi connectivity index (χ3v) is 6.66. The zero-order valence-electron chi connectivity index (χ0n) is 13.4. The summed E-state index contributed by atoms with van der Waals surface area (Å²) in [6.45, 7) is 6.59. The van der Waals surface area contributed by atoms with Crippen LogP contribution in [-0.2, 0) is 4.74 Å². The molecule has 1 aliphatic rings. The molecule has 0 saturated carbocycles. The van der Waals surface area contributed by atoms with Crippen molar-refractivity contribution in [2.24, 2.45) is 0 Å². The van der Waals surface area contributed by atoms with Crippen molar-refractivity contribution in [1.82, 2.24) is 0 Å². The molecule has 1 aliphatic heterocycles. The molecule has 2 heteroatoms. The van der Waals surface area contributed by atoms with Gasteiger partial charge in [-0.1, -0.05) is 0 Å². The summed E-state index contributed by atoms with van der Waals surface area (Å²) in [6.07, 6.45) is 15.7. The second-order valence-corrected chi connectivity index (χ2v) is 8.90. The van der Waals surface area contributed by atoms with E-state index in [0.29, 0.717) is 20.9 Å². The summed E-state index contributed by atoms with van der Waals surface area (Å²) >= 11 is 0.427. The van der Waals surface area contributed by atoms with Crippen LogP contribution < -0.4 is 0 Å². The van der Waals surface area contributed by atoms with E-state index in [9.17, 15) is 0 Å². The van der Waals surface area contributed by atoms with Gasteiger partial charge in [-0.2, -0.15) is 0 Å². The Morgan fingerprint density at radius 1 is 0.684 bits per heavy atom. The number of hydrogen-bond acceptors (Lipinski definition) is 1. The molecule has 1 rings (SSSR count). The Labute approximate surface area is 132 Å². The SMILES string of the molecule is C1CCOCC1.CCCCCC[Te]CCCCCC. The summed E-state index contributed by atoms with van der Waals surface area (Å²) < 4.78 is 8.29. The van der Waals surface area contributed by atoms with Crippen molar-refractivity contribution in [3.63, 3.8) is 0 Å². The van der Waals surface area contributed by atoms with Crippen LogP contribution in [0.3, 0.4) is 0 Å². The first-order chi connectivity index (χ1) is 9.41. The molecule has 19 heavy (non-hydrogen) atoms. The molecule has 1 heterocycles. The van der Waals surface area contributed by atoms with Crippen LogP contribution in [0.5, 0.6) is 0 Å². The maximum absolute atomic E-state index is 5.07. The average molecular weight is 384 g/mol. The predicted octanol–water partition coefficient (Wildman–Crippen LogP) is 5.87. The van der Waals surface area contributed by atoms with E-state index in [-0.39, 0.29) is 0 Å². The van der Waals surface area contributed by atoms with Crippen LogP contribution in [0.1, 0.15) is 84.5 Å². The van der Waals surface area contributed by atoms with E-state index in [1.807, 2.05) is 0 Å². The monoisotopic (exact) mass is 386 g/mol. The molecule has 0 bridgehead atoms. The molecule has 0 amide bonds. The summed E-state index contributed by atoms with van der Waals surface area (Å²) in [5.74, 6) is 0. The number of unbranched alkanes of at least 4 members (excludes halogenated alkanes) is 6. The predicted molar refractivity (Wildman–Crippen MR) is 88.3 cm³/mol. The number of ether oxygens (including phenoxy) is 1. The quantitative estimate of drug-likeness (QED) is 0.338. The summed E-state index contributed by atoms with van der Waals surface area (Å²) in [5, 5.41) is 0. The zero-order chi connectivity index (χ0) is 14.0. The molecule has 0 spiro atoms. The first kappa shape index (κ1) is 19.7. The van der Waals surface area contributed by atoms with Crippen LogP contribution >= 0.6 is 0 Å². The standard InChI is InChI=1S/C12H26Te.C5H10O/c1-3-5-7-9-11-13-12-10-8-6-4-2;1-2-4-6-5-3-1/h3-12H2,1-2H3;1-5H2. The molecule has 0 unspecified atom stereocenters. The Kier molecular flexibility index (Phi) is 19.5. The Balaban J connectivity index is 0.000000443. The molecule has 0 atom stereocenters. The van der Waals surface area contributed by atoms with Crippen LogP contribution in [0.25, 0.3) is 0 Å². The van der Waals surface area contributed by atoms with Crippen molar-refractivity contribution in [3.05, 3.63) is 0 Å². The van der Waals surface area contributed by atoms with Gasteiger partial charge in [0.25, 0.3) is 0 Å². The van der Waals surface area contributed by atoms with Crippen molar-refractivity contribution in [1.29, 1.82) is 0 Å². The van der Waals surface area contributed by atoms with Gasteiger partial charge in [0.1, 0.15) is 0 Å². The van der Waals surface area contributed by atoms with Gasteiger partial charge in [0, 0.05) is 13.2 Å². The normalized spacial score (nSPS) is 14.8. The van der Waals surface area contributed by atoms with Crippen LogP contribution in [0.4, 0.5) is 0 Å². The fourth-order valence-electron chi connectivity index (χ4n) is 2.05. The van der Waals surface area contributed by atoms with E-state index in [4.69, 9.17) is 4.74 Å². The van der Waals surface area contributed by atoms with Crippen LogP contribution in [0.2, 0.25) is 8.94 Å². The molecule has 0 aromatic heterocycles. The molecule has 1 fully saturated rings. The Morgan fingerprint density at radius 3 is 1.53 bits per heavy atom. The van der Waals surface area contributed by atoms with Gasteiger partial charge in [-0.15, -0.1) is 0 Å². The van der Waals surface area contributed by atoms with E-state index in [2.05, 4.69) is 13.8 Å². The second-order valence-electron chi connectivity index (χ2n) is 5.41. The first-order valence-electron chi connectivity index (χ1n) is 8.57. The summed E-state index contributed by atoms with van der Waals surface area (Å²) in [6, 6.07) is 0. The molecular formula is C17H36OTe. The second kappa shape index (κ2) is 18.7. The molecule has 1 nitrogen and oxygen atoms in total. The van der Waals surface area contributed by atoms with Crippen molar-refractivity contribution < 1.29 is 4.74 Å². The molecule has 0 N–H and O–H groups in total. The van der Waals surface area contributed by atoms with Crippen molar-refractivity contribution in [3.8, 4) is 0 Å². The van der Waals surface area contributed by atoms with Crippen molar-refractivity contribution in [2.45, 2.75) is 93.4 Å². The molecular weight excluding hydrogens is 348 g/mol. The Hall–Kier alpha value is 0.750. The van der Waals surface area contributed by atoms with Crippen LogP contribution in [-0.4, -0.2) is 34.1 Å². The fourth-order valence-corrected chi connectivity index (χ4v) is 4.96. The topological polar surface area (TPSA) is 9.23 Å². The van der Waals surface area contributed by atoms with E-state index >= 15 is 0 Å². The molecule has 0 radical (unpaired) electrons. The van der Waals surface area contributed by atoms with Gasteiger partial charge in [-0.3, -0.25) is 0 Å². The Bertz CT molecular complexity index is 125. The molecule has 0 aromatic carbocycles. The van der Waals surface area contributed by atoms with Crippen LogP contribution in [0.15, 0.2) is 0 Å². The third-order valence-electron chi connectivity index (χ3n) is 3.36. The molecule has 0 aromatic rings. The van der Waals surface area contributed by atoms with Gasteiger partial charge in [0.05, 0.1) is 0 Å². The first-order valence-corrected chi connectivity index (χ1v) is 11.9. The summed E-state index contributed by atoms with van der Waals surface area (Å²) in [4.78, 5) is 0. The number of hydrogen-bond donors (Lipinski definition) is 0. The van der Waals surface area contributed by atoms with E-state index in [0.717, 1.165) is 13.2 Å². The third kappa shape index (κ3) is 18.7. The van der Waals surface area contributed by atoms with E-state index in [1.165, 1.54) is 70.6 Å². The molecule has 1 saturated heterocycles. The van der Waals surface area contributed by atoms with Gasteiger partial charge >= 0.3 is 95.1 Å². The number of rotatable bonds is 10. The van der Waals surface area contributed by atoms with Crippen LogP contribution in [0, 0.1) is 0 Å². The van der Waals surface area contributed by atoms with E-state index in [1.54, 1.807) is 8.94 Å².